The molecular weight excluding hydrogens is 214 g/mol. The van der Waals surface area contributed by atoms with Gasteiger partial charge >= 0.3 is 0 Å². The van der Waals surface area contributed by atoms with Crippen LogP contribution in [0.4, 0.5) is 5.69 Å². The minimum Gasteiger partial charge on any atom is -0.475 e. The van der Waals surface area contributed by atoms with E-state index in [1.807, 2.05) is 18.4 Å². The number of hydrogen-bond donors (Lipinski definition) is 1. The van der Waals surface area contributed by atoms with Gasteiger partial charge in [0, 0.05) is 12.6 Å². The second kappa shape index (κ2) is 6.19. The Labute approximate surface area is 103 Å². The molecule has 17 heavy (non-hydrogen) atoms. The number of aromatic nitrogens is 1. The molecule has 0 spiro atoms. The van der Waals surface area contributed by atoms with Gasteiger partial charge in [-0.15, -0.1) is 0 Å². The van der Waals surface area contributed by atoms with E-state index in [0.29, 0.717) is 17.3 Å². The molecule has 0 radical (unpaired) electrons. The highest BCUT2D eigenvalue weighted by Gasteiger charge is 2.15. The van der Waals surface area contributed by atoms with Crippen LogP contribution in [0.3, 0.4) is 0 Å². The SMILES string of the molecule is CCCCCn1c(C#N)cc(N)c1OC(C)C. The standard InChI is InChI=1S/C13H21N3O/c1-4-5-6-7-16-11(9-14)8-12(15)13(16)17-10(2)3/h8,10H,4-7,15H2,1-3H3. The Morgan fingerprint density at radius 1 is 1.47 bits per heavy atom. The van der Waals surface area contributed by atoms with Crippen molar-refractivity contribution in [2.45, 2.75) is 52.7 Å². The molecule has 0 bridgehead atoms. The van der Waals surface area contributed by atoms with Crippen molar-refractivity contribution in [2.24, 2.45) is 0 Å². The van der Waals surface area contributed by atoms with Crippen LogP contribution in [-0.4, -0.2) is 10.7 Å². The van der Waals surface area contributed by atoms with Crippen LogP contribution < -0.4 is 10.5 Å². The summed E-state index contributed by atoms with van der Waals surface area (Å²) >= 11 is 0. The van der Waals surface area contributed by atoms with Crippen molar-refractivity contribution in [3.63, 3.8) is 0 Å². The van der Waals surface area contributed by atoms with Crippen LogP contribution in [0, 0.1) is 11.3 Å². The van der Waals surface area contributed by atoms with E-state index in [0.717, 1.165) is 25.8 Å². The fourth-order valence-electron chi connectivity index (χ4n) is 1.74. The third-order valence-corrected chi connectivity index (χ3v) is 2.52. The molecule has 1 heterocycles. The van der Waals surface area contributed by atoms with Crippen molar-refractivity contribution in [1.29, 1.82) is 5.26 Å². The molecule has 0 unspecified atom stereocenters. The number of ether oxygens (including phenoxy) is 1. The number of nitrogens with two attached hydrogens (primary N) is 1. The Morgan fingerprint density at radius 3 is 2.71 bits per heavy atom. The van der Waals surface area contributed by atoms with Gasteiger partial charge < -0.3 is 15.0 Å². The largest absolute Gasteiger partial charge is 0.475 e. The molecule has 0 amide bonds. The van der Waals surface area contributed by atoms with E-state index in [1.165, 1.54) is 0 Å². The Morgan fingerprint density at radius 2 is 2.18 bits per heavy atom. The number of hydrogen-bond acceptors (Lipinski definition) is 3. The van der Waals surface area contributed by atoms with Crippen LogP contribution in [0.2, 0.25) is 0 Å². The average molecular weight is 235 g/mol. The first-order valence-electron chi connectivity index (χ1n) is 6.15. The molecule has 2 N–H and O–H groups in total. The Balaban J connectivity index is 2.93. The van der Waals surface area contributed by atoms with Gasteiger partial charge in [-0.05, 0) is 20.3 Å². The van der Waals surface area contributed by atoms with Gasteiger partial charge in [-0.3, -0.25) is 0 Å². The maximum Gasteiger partial charge on any atom is 0.218 e. The molecule has 0 fully saturated rings. The van der Waals surface area contributed by atoms with E-state index in [2.05, 4.69) is 13.0 Å². The summed E-state index contributed by atoms with van der Waals surface area (Å²) in [6, 6.07) is 3.84. The molecule has 94 valence electrons. The fourth-order valence-corrected chi connectivity index (χ4v) is 1.74. The van der Waals surface area contributed by atoms with Crippen molar-refractivity contribution in [3.05, 3.63) is 11.8 Å². The van der Waals surface area contributed by atoms with Crippen molar-refractivity contribution < 1.29 is 4.74 Å². The number of nitriles is 1. The third kappa shape index (κ3) is 3.42. The van der Waals surface area contributed by atoms with Gasteiger partial charge in [0.2, 0.25) is 5.88 Å². The smallest absolute Gasteiger partial charge is 0.218 e. The molecule has 1 aromatic heterocycles. The first-order chi connectivity index (χ1) is 8.10. The van der Waals surface area contributed by atoms with E-state index in [9.17, 15) is 0 Å². The van der Waals surface area contributed by atoms with E-state index >= 15 is 0 Å². The molecular formula is C13H21N3O. The minimum atomic E-state index is 0.0590. The summed E-state index contributed by atoms with van der Waals surface area (Å²) < 4.78 is 7.56. The maximum atomic E-state index is 9.06. The first kappa shape index (κ1) is 13.4. The topological polar surface area (TPSA) is 64.0 Å². The summed E-state index contributed by atoms with van der Waals surface area (Å²) in [6.07, 6.45) is 3.39. The van der Waals surface area contributed by atoms with Gasteiger partial charge in [-0.1, -0.05) is 19.8 Å². The number of rotatable bonds is 6. The van der Waals surface area contributed by atoms with Crippen molar-refractivity contribution in [3.8, 4) is 11.9 Å². The predicted molar refractivity (Wildman–Crippen MR) is 68.8 cm³/mol. The molecule has 0 saturated heterocycles. The van der Waals surface area contributed by atoms with Crippen LogP contribution in [0.15, 0.2) is 6.07 Å². The Kier molecular flexibility index (Phi) is 4.89. The van der Waals surface area contributed by atoms with E-state index in [4.69, 9.17) is 15.7 Å². The lowest BCUT2D eigenvalue weighted by Gasteiger charge is -2.14. The lowest BCUT2D eigenvalue weighted by molar-refractivity contribution is 0.222. The van der Waals surface area contributed by atoms with Crippen LogP contribution in [0.25, 0.3) is 0 Å². The average Bonchev–Trinajstić information content (AvgIpc) is 2.56. The maximum absolute atomic E-state index is 9.06. The van der Waals surface area contributed by atoms with Gasteiger partial charge in [-0.25, -0.2) is 0 Å². The summed E-state index contributed by atoms with van der Waals surface area (Å²) in [5, 5.41) is 9.06. The van der Waals surface area contributed by atoms with Crippen LogP contribution in [-0.2, 0) is 6.54 Å². The van der Waals surface area contributed by atoms with Gasteiger partial charge in [-0.2, -0.15) is 5.26 Å². The van der Waals surface area contributed by atoms with Crippen molar-refractivity contribution in [1.82, 2.24) is 4.57 Å². The minimum absolute atomic E-state index is 0.0590. The van der Waals surface area contributed by atoms with Gasteiger partial charge in [0.15, 0.2) is 0 Å². The molecule has 0 aliphatic carbocycles. The summed E-state index contributed by atoms with van der Waals surface area (Å²) in [5.41, 5.74) is 7.00. The Bertz CT molecular complexity index is 402. The highest BCUT2D eigenvalue weighted by Crippen LogP contribution is 2.28. The van der Waals surface area contributed by atoms with Crippen molar-refractivity contribution in [2.75, 3.05) is 5.73 Å². The zero-order chi connectivity index (χ0) is 12.8. The Hall–Kier alpha value is -1.63. The number of unbranched alkanes of at least 4 members (excludes halogenated alkanes) is 2. The molecule has 0 aliphatic heterocycles. The second-order valence-corrected chi connectivity index (χ2v) is 4.43. The zero-order valence-electron chi connectivity index (χ0n) is 10.9. The number of anilines is 1. The second-order valence-electron chi connectivity index (χ2n) is 4.43. The lowest BCUT2D eigenvalue weighted by Crippen LogP contribution is -2.12. The van der Waals surface area contributed by atoms with E-state index < -0.39 is 0 Å². The van der Waals surface area contributed by atoms with Crippen molar-refractivity contribution >= 4 is 5.69 Å². The summed E-state index contributed by atoms with van der Waals surface area (Å²) in [4.78, 5) is 0. The fraction of sp³-hybridized carbons (Fsp3) is 0.615. The molecule has 4 nitrogen and oxygen atoms in total. The number of nitrogens with zero attached hydrogens (tertiary/aromatic N) is 2. The molecule has 0 aromatic carbocycles. The first-order valence-corrected chi connectivity index (χ1v) is 6.15. The van der Waals surface area contributed by atoms with Crippen LogP contribution in [0.1, 0.15) is 45.7 Å². The van der Waals surface area contributed by atoms with E-state index in [-0.39, 0.29) is 6.10 Å². The predicted octanol–water partition coefficient (Wildman–Crippen LogP) is 2.92. The quantitative estimate of drug-likeness (QED) is 0.771. The number of nitrogen functional groups attached to an aromatic ring is 1. The van der Waals surface area contributed by atoms with Gasteiger partial charge in [0.1, 0.15) is 11.8 Å². The van der Waals surface area contributed by atoms with E-state index in [1.54, 1.807) is 6.07 Å². The highest BCUT2D eigenvalue weighted by atomic mass is 16.5. The molecule has 1 aromatic rings. The summed E-state index contributed by atoms with van der Waals surface area (Å²) in [6.45, 7) is 6.85. The molecule has 0 atom stereocenters. The lowest BCUT2D eigenvalue weighted by atomic mass is 10.2. The van der Waals surface area contributed by atoms with Gasteiger partial charge in [0.25, 0.3) is 0 Å². The molecule has 1 rings (SSSR count). The monoisotopic (exact) mass is 235 g/mol. The molecule has 4 heteroatoms. The zero-order valence-corrected chi connectivity index (χ0v) is 10.9. The molecule has 0 aliphatic rings. The summed E-state index contributed by atoms with van der Waals surface area (Å²) in [7, 11) is 0. The summed E-state index contributed by atoms with van der Waals surface area (Å²) in [5.74, 6) is 0.632. The third-order valence-electron chi connectivity index (χ3n) is 2.52. The molecule has 0 saturated carbocycles. The van der Waals surface area contributed by atoms with Gasteiger partial charge in [0.05, 0.1) is 11.8 Å². The normalized spacial score (nSPS) is 10.5. The van der Waals surface area contributed by atoms with Crippen LogP contribution in [0.5, 0.6) is 5.88 Å². The van der Waals surface area contributed by atoms with Crippen LogP contribution >= 0.6 is 0 Å². The highest BCUT2D eigenvalue weighted by molar-refractivity contribution is 5.55.